The summed E-state index contributed by atoms with van der Waals surface area (Å²) in [6.07, 6.45) is -4.47. The van der Waals surface area contributed by atoms with E-state index in [1.54, 1.807) is 29.2 Å². The van der Waals surface area contributed by atoms with E-state index >= 15 is 0 Å². The molecule has 0 unspecified atom stereocenters. The molecule has 0 atom stereocenters. The molecule has 1 aromatic heterocycles. The number of nitrogens with zero attached hydrogens (tertiary/aromatic N) is 4. The van der Waals surface area contributed by atoms with Gasteiger partial charge in [-0.2, -0.15) is 13.2 Å². The summed E-state index contributed by atoms with van der Waals surface area (Å²) in [7, 11) is 4.03. The van der Waals surface area contributed by atoms with Crippen molar-refractivity contribution in [1.29, 1.82) is 0 Å². The standard InChI is InChI=1S/C27H30F3N5O3/c1-18(36)31-22-10-6-19(7-11-22)24-23(26(37)35-16-14-34(15-17-35)13-12-33(2)3)32-25(38-24)20-4-8-21(9-5-20)27(28,29)30/h4-11H,12-17H2,1-3H3,(H,31,36). The summed E-state index contributed by atoms with van der Waals surface area (Å²) in [6, 6.07) is 11.2. The quantitative estimate of drug-likeness (QED) is 0.492. The first-order valence-electron chi connectivity index (χ1n) is 12.2. The number of hydrogen-bond acceptors (Lipinski definition) is 6. The van der Waals surface area contributed by atoms with Gasteiger partial charge in [-0.15, -0.1) is 0 Å². The molecule has 0 radical (unpaired) electrons. The molecule has 0 spiro atoms. The Bertz CT molecular complexity index is 1260. The number of hydrogen-bond donors (Lipinski definition) is 1. The van der Waals surface area contributed by atoms with E-state index in [0.717, 1.165) is 38.3 Å². The maximum atomic E-state index is 13.6. The van der Waals surface area contributed by atoms with Crippen molar-refractivity contribution in [2.75, 3.05) is 58.7 Å². The predicted octanol–water partition coefficient (Wildman–Crippen LogP) is 4.31. The highest BCUT2D eigenvalue weighted by molar-refractivity contribution is 5.98. The number of anilines is 1. The smallest absolute Gasteiger partial charge is 0.416 e. The summed E-state index contributed by atoms with van der Waals surface area (Å²) in [5.74, 6) is -0.260. The summed E-state index contributed by atoms with van der Waals surface area (Å²) < 4.78 is 45.1. The van der Waals surface area contributed by atoms with E-state index in [9.17, 15) is 22.8 Å². The van der Waals surface area contributed by atoms with Crippen molar-refractivity contribution in [3.8, 4) is 22.8 Å². The second kappa shape index (κ2) is 11.4. The van der Waals surface area contributed by atoms with E-state index in [2.05, 4.69) is 20.1 Å². The topological polar surface area (TPSA) is 81.9 Å². The number of oxazole rings is 1. The molecule has 1 aliphatic heterocycles. The first kappa shape index (κ1) is 27.3. The van der Waals surface area contributed by atoms with Crippen LogP contribution >= 0.6 is 0 Å². The molecule has 38 heavy (non-hydrogen) atoms. The molecule has 8 nitrogen and oxygen atoms in total. The molecule has 0 bridgehead atoms. The van der Waals surface area contributed by atoms with Crippen LogP contribution in [-0.2, 0) is 11.0 Å². The molecule has 0 saturated carbocycles. The fourth-order valence-corrected chi connectivity index (χ4v) is 4.16. The molecule has 0 aliphatic carbocycles. The number of amides is 2. The molecular formula is C27H30F3N5O3. The third kappa shape index (κ3) is 6.59. The molecule has 1 N–H and O–H groups in total. The summed E-state index contributed by atoms with van der Waals surface area (Å²) >= 11 is 0. The van der Waals surface area contributed by atoms with Gasteiger partial charge >= 0.3 is 6.18 Å². The van der Waals surface area contributed by atoms with Crippen LogP contribution in [0.1, 0.15) is 23.0 Å². The van der Waals surface area contributed by atoms with E-state index in [1.807, 2.05) is 14.1 Å². The maximum Gasteiger partial charge on any atom is 0.416 e. The Labute approximate surface area is 219 Å². The van der Waals surface area contributed by atoms with Crippen molar-refractivity contribution in [2.24, 2.45) is 0 Å². The second-order valence-corrected chi connectivity index (χ2v) is 9.47. The van der Waals surface area contributed by atoms with Gasteiger partial charge < -0.3 is 19.5 Å². The van der Waals surface area contributed by atoms with Crippen molar-refractivity contribution in [1.82, 2.24) is 19.7 Å². The highest BCUT2D eigenvalue weighted by Gasteiger charge is 2.31. The lowest BCUT2D eigenvalue weighted by atomic mass is 10.1. The number of carbonyl (C=O) groups is 2. The Kier molecular flexibility index (Phi) is 8.17. The lowest BCUT2D eigenvalue weighted by Gasteiger charge is -2.34. The Morgan fingerprint density at radius 1 is 0.974 bits per heavy atom. The first-order valence-corrected chi connectivity index (χ1v) is 12.2. The van der Waals surface area contributed by atoms with Gasteiger partial charge in [-0.3, -0.25) is 14.5 Å². The van der Waals surface area contributed by atoms with Crippen LogP contribution in [0.4, 0.5) is 18.9 Å². The van der Waals surface area contributed by atoms with E-state index < -0.39 is 11.7 Å². The van der Waals surface area contributed by atoms with Crippen molar-refractivity contribution < 1.29 is 27.2 Å². The Hall–Kier alpha value is -3.70. The number of carbonyl (C=O) groups excluding carboxylic acids is 2. The molecule has 1 aliphatic rings. The number of rotatable bonds is 7. The van der Waals surface area contributed by atoms with Crippen LogP contribution in [0, 0.1) is 0 Å². The minimum absolute atomic E-state index is 0.0487. The average Bonchev–Trinajstić information content (AvgIpc) is 3.32. The second-order valence-electron chi connectivity index (χ2n) is 9.47. The predicted molar refractivity (Wildman–Crippen MR) is 138 cm³/mol. The molecule has 4 rings (SSSR count). The largest absolute Gasteiger partial charge is 0.435 e. The fraction of sp³-hybridized carbons (Fsp3) is 0.370. The molecule has 11 heteroatoms. The van der Waals surface area contributed by atoms with Crippen LogP contribution in [0.3, 0.4) is 0 Å². The first-order chi connectivity index (χ1) is 18.0. The van der Waals surface area contributed by atoms with Crippen LogP contribution in [-0.4, -0.2) is 84.9 Å². The normalized spacial score (nSPS) is 14.7. The third-order valence-corrected chi connectivity index (χ3v) is 6.28. The SMILES string of the molecule is CC(=O)Nc1ccc(-c2oc(-c3ccc(C(F)(F)F)cc3)nc2C(=O)N2CCN(CCN(C)C)CC2)cc1. The lowest BCUT2D eigenvalue weighted by molar-refractivity contribution is -0.137. The number of nitrogens with one attached hydrogen (secondary N) is 1. The maximum absolute atomic E-state index is 13.6. The Morgan fingerprint density at radius 2 is 1.58 bits per heavy atom. The summed E-state index contributed by atoms with van der Waals surface area (Å²) in [5, 5.41) is 2.68. The molecule has 2 aromatic carbocycles. The van der Waals surface area contributed by atoms with Gasteiger partial charge in [0.05, 0.1) is 5.56 Å². The summed E-state index contributed by atoms with van der Waals surface area (Å²) in [4.78, 5) is 35.5. The van der Waals surface area contributed by atoms with Gasteiger partial charge in [-0.05, 0) is 62.6 Å². The Balaban J connectivity index is 1.62. The molecule has 2 heterocycles. The highest BCUT2D eigenvalue weighted by atomic mass is 19.4. The number of alkyl halides is 3. The van der Waals surface area contributed by atoms with Crippen molar-refractivity contribution >= 4 is 17.5 Å². The van der Waals surface area contributed by atoms with Crippen LogP contribution < -0.4 is 5.32 Å². The van der Waals surface area contributed by atoms with Crippen LogP contribution in [0.2, 0.25) is 0 Å². The van der Waals surface area contributed by atoms with E-state index in [-0.39, 0.29) is 29.2 Å². The number of halogens is 3. The van der Waals surface area contributed by atoms with Gasteiger partial charge in [-0.25, -0.2) is 4.98 Å². The lowest BCUT2D eigenvalue weighted by Crippen LogP contribution is -2.50. The third-order valence-electron chi connectivity index (χ3n) is 6.28. The van der Waals surface area contributed by atoms with E-state index in [4.69, 9.17) is 4.42 Å². The number of aromatic nitrogens is 1. The zero-order valence-corrected chi connectivity index (χ0v) is 21.5. The molecule has 3 aromatic rings. The number of likely N-dealkylation sites (N-methyl/N-ethyl adjacent to an activating group) is 1. The van der Waals surface area contributed by atoms with E-state index in [0.29, 0.717) is 29.9 Å². The molecule has 1 fully saturated rings. The molecular weight excluding hydrogens is 499 g/mol. The summed E-state index contributed by atoms with van der Waals surface area (Å²) in [5.41, 5.74) is 0.754. The number of piperazine rings is 1. The fourth-order valence-electron chi connectivity index (χ4n) is 4.16. The van der Waals surface area contributed by atoms with Crippen molar-refractivity contribution in [2.45, 2.75) is 13.1 Å². The zero-order chi connectivity index (χ0) is 27.4. The van der Waals surface area contributed by atoms with Crippen molar-refractivity contribution in [3.63, 3.8) is 0 Å². The Morgan fingerprint density at radius 3 is 2.13 bits per heavy atom. The molecule has 2 amide bonds. The van der Waals surface area contributed by atoms with Gasteiger partial charge in [0.15, 0.2) is 11.5 Å². The molecule has 1 saturated heterocycles. The molecule has 202 valence electrons. The van der Waals surface area contributed by atoms with Crippen molar-refractivity contribution in [3.05, 3.63) is 59.8 Å². The minimum atomic E-state index is -4.47. The minimum Gasteiger partial charge on any atom is -0.435 e. The van der Waals surface area contributed by atoms with Crippen LogP contribution in [0.25, 0.3) is 22.8 Å². The van der Waals surface area contributed by atoms with Gasteiger partial charge in [0.2, 0.25) is 11.8 Å². The van der Waals surface area contributed by atoms with Gasteiger partial charge in [-0.1, -0.05) is 0 Å². The van der Waals surface area contributed by atoms with Gasteiger partial charge in [0, 0.05) is 63.0 Å². The average molecular weight is 530 g/mol. The monoisotopic (exact) mass is 529 g/mol. The van der Waals surface area contributed by atoms with Crippen LogP contribution in [0.5, 0.6) is 0 Å². The van der Waals surface area contributed by atoms with Crippen LogP contribution in [0.15, 0.2) is 52.9 Å². The zero-order valence-electron chi connectivity index (χ0n) is 21.5. The number of benzene rings is 2. The highest BCUT2D eigenvalue weighted by Crippen LogP contribution is 2.34. The van der Waals surface area contributed by atoms with E-state index in [1.165, 1.54) is 19.1 Å². The van der Waals surface area contributed by atoms with Gasteiger partial charge in [0.1, 0.15) is 0 Å². The van der Waals surface area contributed by atoms with Gasteiger partial charge in [0.25, 0.3) is 5.91 Å². The summed E-state index contributed by atoms with van der Waals surface area (Å²) in [6.45, 7) is 5.73.